The maximum Gasteiger partial charge on any atom is 0.223 e. The number of hydrogen-bond donors (Lipinski definition) is 1. The molecule has 1 aromatic heterocycles. The van der Waals surface area contributed by atoms with Gasteiger partial charge in [0.05, 0.1) is 5.52 Å². The summed E-state index contributed by atoms with van der Waals surface area (Å²) in [6.45, 7) is 8.99. The fourth-order valence-electron chi connectivity index (χ4n) is 4.77. The van der Waals surface area contributed by atoms with Gasteiger partial charge in [-0.2, -0.15) is 0 Å². The van der Waals surface area contributed by atoms with Crippen LogP contribution in [0.2, 0.25) is 0 Å². The Bertz CT molecular complexity index is 955. The fourth-order valence-corrected chi connectivity index (χ4v) is 4.77. The monoisotopic (exact) mass is 432 g/mol. The Balaban J connectivity index is 1.69. The zero-order valence-corrected chi connectivity index (χ0v) is 20.0. The van der Waals surface area contributed by atoms with Crippen LogP contribution in [0.4, 0.5) is 0 Å². The average molecular weight is 433 g/mol. The van der Waals surface area contributed by atoms with Gasteiger partial charge in [0.15, 0.2) is 0 Å². The van der Waals surface area contributed by atoms with Crippen LogP contribution in [0.3, 0.4) is 0 Å². The van der Waals surface area contributed by atoms with Gasteiger partial charge in [0.1, 0.15) is 0 Å². The third kappa shape index (κ3) is 6.25. The number of carbonyl (C=O) groups is 1. The van der Waals surface area contributed by atoms with Gasteiger partial charge in [0, 0.05) is 29.7 Å². The first-order chi connectivity index (χ1) is 15.7. The highest BCUT2D eigenvalue weighted by Crippen LogP contribution is 2.28. The van der Waals surface area contributed by atoms with Gasteiger partial charge in [0.2, 0.25) is 5.91 Å². The molecule has 1 aliphatic rings. The molecule has 1 N–H and O–H groups in total. The lowest BCUT2D eigenvalue weighted by Crippen LogP contribution is -2.32. The van der Waals surface area contributed by atoms with Gasteiger partial charge in [-0.1, -0.05) is 69.9 Å². The predicted octanol–water partition coefficient (Wildman–Crippen LogP) is 7.22. The first-order valence-corrected chi connectivity index (χ1v) is 12.5. The van der Waals surface area contributed by atoms with E-state index in [9.17, 15) is 4.79 Å². The minimum Gasteiger partial charge on any atom is -0.356 e. The van der Waals surface area contributed by atoms with E-state index in [-0.39, 0.29) is 11.8 Å². The van der Waals surface area contributed by atoms with E-state index in [1.807, 2.05) is 19.1 Å². The van der Waals surface area contributed by atoms with Crippen molar-refractivity contribution in [1.29, 1.82) is 0 Å². The number of aromatic nitrogens is 1. The minimum absolute atomic E-state index is 0.219. The molecule has 0 unspecified atom stereocenters. The van der Waals surface area contributed by atoms with Gasteiger partial charge in [-0.15, -0.1) is 0 Å². The van der Waals surface area contributed by atoms with Crippen LogP contribution in [0.1, 0.15) is 76.3 Å². The van der Waals surface area contributed by atoms with E-state index in [0.717, 1.165) is 44.3 Å². The molecule has 3 heteroatoms. The van der Waals surface area contributed by atoms with E-state index >= 15 is 0 Å². The topological polar surface area (TPSA) is 34.0 Å². The number of fused-ring (bicyclic) bond motifs is 1. The smallest absolute Gasteiger partial charge is 0.223 e. The molecule has 1 amide bonds. The number of aryl methyl sites for hydroxylation is 2. The third-order valence-corrected chi connectivity index (χ3v) is 6.71. The van der Waals surface area contributed by atoms with E-state index in [2.05, 4.69) is 59.9 Å². The van der Waals surface area contributed by atoms with E-state index in [4.69, 9.17) is 0 Å². The second-order valence-electron chi connectivity index (χ2n) is 8.99. The Morgan fingerprint density at radius 2 is 1.94 bits per heavy atom. The summed E-state index contributed by atoms with van der Waals surface area (Å²) in [5, 5.41) is 4.52. The SMILES string of the molecule is C=C/C(=C\C=C/C)n1cc(CCCNC(=O)C2CCCCCCC2)c2ccc(CC)cc21. The van der Waals surface area contributed by atoms with Crippen LogP contribution in [-0.4, -0.2) is 17.0 Å². The van der Waals surface area contributed by atoms with Gasteiger partial charge in [0.25, 0.3) is 0 Å². The lowest BCUT2D eigenvalue weighted by molar-refractivity contribution is -0.125. The van der Waals surface area contributed by atoms with Crippen LogP contribution in [0.15, 0.2) is 55.3 Å². The summed E-state index contributed by atoms with van der Waals surface area (Å²) >= 11 is 0. The van der Waals surface area contributed by atoms with Crippen molar-refractivity contribution in [3.05, 3.63) is 66.4 Å². The van der Waals surface area contributed by atoms with Crippen LogP contribution < -0.4 is 5.32 Å². The maximum absolute atomic E-state index is 12.6. The number of nitrogens with one attached hydrogen (secondary N) is 1. The predicted molar refractivity (Wildman–Crippen MR) is 138 cm³/mol. The molecule has 1 aromatic carbocycles. The first kappa shape index (κ1) is 24.1. The normalized spacial score (nSPS) is 16.2. The summed E-state index contributed by atoms with van der Waals surface area (Å²) in [6.07, 6.45) is 21.7. The summed E-state index contributed by atoms with van der Waals surface area (Å²) < 4.78 is 2.25. The fraction of sp³-hybridized carbons (Fsp3) is 0.483. The Kier molecular flexibility index (Phi) is 9.40. The number of allylic oxidation sites excluding steroid dienone is 5. The Hall–Kier alpha value is -2.55. The summed E-state index contributed by atoms with van der Waals surface area (Å²) in [6, 6.07) is 6.78. The van der Waals surface area contributed by atoms with Gasteiger partial charge >= 0.3 is 0 Å². The molecule has 3 nitrogen and oxygen atoms in total. The standard InChI is InChI=1S/C29H40N2O/c1-4-7-17-26(6-3)31-22-25(27-19-18-23(5-2)21-28(27)31)16-13-20-30-29(32)24-14-11-9-8-10-12-15-24/h4,6-7,17-19,21-22,24H,3,5,8-16,20H2,1-2H3,(H,30,32)/b7-4-,26-17+. The van der Waals surface area contributed by atoms with Crippen molar-refractivity contribution in [2.45, 2.75) is 78.1 Å². The molecule has 2 aromatic rings. The van der Waals surface area contributed by atoms with E-state index < -0.39 is 0 Å². The van der Waals surface area contributed by atoms with Crippen LogP contribution in [0.5, 0.6) is 0 Å². The Morgan fingerprint density at radius 1 is 1.19 bits per heavy atom. The van der Waals surface area contributed by atoms with Crippen molar-refractivity contribution in [2.24, 2.45) is 5.92 Å². The lowest BCUT2D eigenvalue weighted by Gasteiger charge is -2.19. The Morgan fingerprint density at radius 3 is 2.62 bits per heavy atom. The Labute approximate surface area is 194 Å². The molecule has 0 bridgehead atoms. The van der Waals surface area contributed by atoms with Gasteiger partial charge in [-0.3, -0.25) is 4.79 Å². The summed E-state index contributed by atoms with van der Waals surface area (Å²) in [4.78, 5) is 12.6. The second kappa shape index (κ2) is 12.5. The van der Waals surface area contributed by atoms with Gasteiger partial charge < -0.3 is 9.88 Å². The van der Waals surface area contributed by atoms with Crippen molar-refractivity contribution < 1.29 is 4.79 Å². The van der Waals surface area contributed by atoms with Crippen molar-refractivity contribution in [3.8, 4) is 0 Å². The van der Waals surface area contributed by atoms with Gasteiger partial charge in [-0.05, 0) is 68.4 Å². The number of carbonyl (C=O) groups excluding carboxylic acids is 1. The van der Waals surface area contributed by atoms with Crippen LogP contribution in [0, 0.1) is 5.92 Å². The molecular formula is C29H40N2O. The summed E-state index contributed by atoms with van der Waals surface area (Å²) in [5.41, 5.74) is 4.97. The van der Waals surface area contributed by atoms with Crippen molar-refractivity contribution in [1.82, 2.24) is 9.88 Å². The lowest BCUT2D eigenvalue weighted by atomic mass is 9.90. The number of benzene rings is 1. The van der Waals surface area contributed by atoms with E-state index in [1.165, 1.54) is 54.1 Å². The third-order valence-electron chi connectivity index (χ3n) is 6.71. The molecule has 172 valence electrons. The van der Waals surface area contributed by atoms with Gasteiger partial charge in [-0.25, -0.2) is 0 Å². The highest BCUT2D eigenvalue weighted by molar-refractivity contribution is 5.88. The quantitative estimate of drug-likeness (QED) is 0.329. The molecule has 1 saturated carbocycles. The zero-order valence-electron chi connectivity index (χ0n) is 20.0. The van der Waals surface area contributed by atoms with Crippen molar-refractivity contribution in [2.75, 3.05) is 6.54 Å². The van der Waals surface area contributed by atoms with E-state index in [0.29, 0.717) is 0 Å². The average Bonchev–Trinajstić information content (AvgIpc) is 3.14. The molecule has 0 aliphatic heterocycles. The van der Waals surface area contributed by atoms with Crippen LogP contribution in [-0.2, 0) is 17.6 Å². The number of hydrogen-bond acceptors (Lipinski definition) is 1. The molecule has 1 fully saturated rings. The molecule has 32 heavy (non-hydrogen) atoms. The molecule has 0 radical (unpaired) electrons. The molecule has 0 atom stereocenters. The highest BCUT2D eigenvalue weighted by Gasteiger charge is 2.19. The van der Waals surface area contributed by atoms with Crippen LogP contribution in [0.25, 0.3) is 16.6 Å². The second-order valence-corrected chi connectivity index (χ2v) is 8.99. The summed E-state index contributed by atoms with van der Waals surface area (Å²) in [7, 11) is 0. The maximum atomic E-state index is 12.6. The minimum atomic E-state index is 0.219. The summed E-state index contributed by atoms with van der Waals surface area (Å²) in [5.74, 6) is 0.488. The number of amides is 1. The molecule has 0 saturated heterocycles. The van der Waals surface area contributed by atoms with Crippen molar-refractivity contribution >= 4 is 22.5 Å². The number of rotatable bonds is 9. The molecule has 1 aliphatic carbocycles. The zero-order chi connectivity index (χ0) is 22.8. The largest absolute Gasteiger partial charge is 0.356 e. The molecule has 1 heterocycles. The van der Waals surface area contributed by atoms with Crippen molar-refractivity contribution in [3.63, 3.8) is 0 Å². The molecule has 0 spiro atoms. The highest BCUT2D eigenvalue weighted by atomic mass is 16.1. The molecular weight excluding hydrogens is 392 g/mol. The van der Waals surface area contributed by atoms with E-state index in [1.54, 1.807) is 0 Å². The number of nitrogens with zero attached hydrogens (tertiary/aromatic N) is 1. The van der Waals surface area contributed by atoms with Crippen LogP contribution >= 0.6 is 0 Å². The molecule has 3 rings (SSSR count). The first-order valence-electron chi connectivity index (χ1n) is 12.5.